The molecule has 0 aromatic heterocycles. The lowest BCUT2D eigenvalue weighted by molar-refractivity contribution is -0.117. The van der Waals surface area contributed by atoms with E-state index in [-0.39, 0.29) is 5.91 Å². The summed E-state index contributed by atoms with van der Waals surface area (Å²) in [5.74, 6) is 0.138. The maximum absolute atomic E-state index is 12.0. The van der Waals surface area contributed by atoms with Crippen LogP contribution in [-0.4, -0.2) is 44.5 Å². The van der Waals surface area contributed by atoms with Gasteiger partial charge in [0.15, 0.2) is 0 Å². The van der Waals surface area contributed by atoms with Crippen LogP contribution in [0.5, 0.6) is 0 Å². The van der Waals surface area contributed by atoms with E-state index in [1.54, 1.807) is 0 Å². The Kier molecular flexibility index (Phi) is 4.24. The number of amides is 1. The fourth-order valence-electron chi connectivity index (χ4n) is 2.07. The van der Waals surface area contributed by atoms with Crippen LogP contribution in [-0.2, 0) is 4.79 Å². The monoisotopic (exact) mass is 311 g/mol. The van der Waals surface area contributed by atoms with Gasteiger partial charge in [-0.3, -0.25) is 4.79 Å². The molecule has 1 N–H and O–H groups in total. The molecule has 0 atom stereocenters. The third-order valence-corrected chi connectivity index (χ3v) is 3.46. The van der Waals surface area contributed by atoms with Gasteiger partial charge in [-0.2, -0.15) is 0 Å². The van der Waals surface area contributed by atoms with Gasteiger partial charge in [0.1, 0.15) is 0 Å². The molecule has 1 aliphatic rings. The summed E-state index contributed by atoms with van der Waals surface area (Å²) in [4.78, 5) is 16.0. The number of carbonyl (C=O) groups is 1. The lowest BCUT2D eigenvalue weighted by Crippen LogP contribution is -2.41. The van der Waals surface area contributed by atoms with Crippen molar-refractivity contribution in [3.8, 4) is 0 Å². The van der Waals surface area contributed by atoms with E-state index in [0.29, 0.717) is 6.54 Å². The van der Waals surface area contributed by atoms with Gasteiger partial charge in [0, 0.05) is 11.0 Å². The van der Waals surface area contributed by atoms with Gasteiger partial charge < -0.3 is 15.1 Å². The van der Waals surface area contributed by atoms with Crippen molar-refractivity contribution in [1.29, 1.82) is 0 Å². The summed E-state index contributed by atoms with van der Waals surface area (Å²) in [6.07, 6.45) is 0.977. The van der Waals surface area contributed by atoms with Crippen molar-refractivity contribution in [3.63, 3.8) is 0 Å². The number of carbonyl (C=O) groups excluding carboxylic acids is 1. The molecular weight excluding hydrogens is 294 g/mol. The van der Waals surface area contributed by atoms with Gasteiger partial charge >= 0.3 is 0 Å². The van der Waals surface area contributed by atoms with Crippen LogP contribution in [0.4, 0.5) is 11.4 Å². The minimum absolute atomic E-state index is 0.138. The molecule has 1 heterocycles. The summed E-state index contributed by atoms with van der Waals surface area (Å²) in [5, 5.41) is 3.15. The molecule has 98 valence electrons. The molecule has 1 aromatic rings. The second-order valence-corrected chi connectivity index (χ2v) is 5.63. The molecule has 0 bridgehead atoms. The van der Waals surface area contributed by atoms with Crippen molar-refractivity contribution in [3.05, 3.63) is 22.7 Å². The highest BCUT2D eigenvalue weighted by molar-refractivity contribution is 9.10. The molecule has 0 radical (unpaired) electrons. The largest absolute Gasteiger partial charge is 0.374 e. The molecule has 18 heavy (non-hydrogen) atoms. The molecule has 0 fully saturated rings. The minimum atomic E-state index is 0.138. The highest BCUT2D eigenvalue weighted by Crippen LogP contribution is 2.32. The van der Waals surface area contributed by atoms with E-state index in [9.17, 15) is 4.79 Å². The Morgan fingerprint density at radius 2 is 2.22 bits per heavy atom. The summed E-state index contributed by atoms with van der Waals surface area (Å²) in [6, 6.07) is 5.99. The fraction of sp³-hybridized carbons (Fsp3) is 0.462. The molecule has 5 heteroatoms. The second-order valence-electron chi connectivity index (χ2n) is 4.72. The molecule has 0 saturated heterocycles. The quantitative estimate of drug-likeness (QED) is 0.925. The Morgan fingerprint density at radius 3 is 2.94 bits per heavy atom. The predicted octanol–water partition coefficient (Wildman–Crippen LogP) is 2.16. The van der Waals surface area contributed by atoms with Crippen LogP contribution in [0.1, 0.15) is 6.42 Å². The van der Waals surface area contributed by atoms with E-state index in [0.717, 1.165) is 35.4 Å². The zero-order valence-corrected chi connectivity index (χ0v) is 12.3. The van der Waals surface area contributed by atoms with E-state index >= 15 is 0 Å². The number of rotatable bonds is 4. The maximum Gasteiger partial charge on any atom is 0.246 e. The van der Waals surface area contributed by atoms with Gasteiger partial charge in [-0.1, -0.05) is 15.9 Å². The van der Waals surface area contributed by atoms with Gasteiger partial charge in [0.25, 0.3) is 0 Å². The van der Waals surface area contributed by atoms with Crippen LogP contribution < -0.4 is 10.2 Å². The third kappa shape index (κ3) is 3.03. The number of anilines is 2. The molecule has 0 spiro atoms. The van der Waals surface area contributed by atoms with E-state index in [2.05, 4.69) is 26.1 Å². The van der Waals surface area contributed by atoms with E-state index < -0.39 is 0 Å². The number of nitrogens with zero attached hydrogens (tertiary/aromatic N) is 2. The normalized spacial score (nSPS) is 14.7. The summed E-state index contributed by atoms with van der Waals surface area (Å²) < 4.78 is 0.996. The Bertz CT molecular complexity index is 448. The van der Waals surface area contributed by atoms with Gasteiger partial charge in [-0.15, -0.1) is 0 Å². The van der Waals surface area contributed by atoms with Crippen LogP contribution >= 0.6 is 15.9 Å². The summed E-state index contributed by atoms with van der Waals surface area (Å²) in [7, 11) is 4.09. The van der Waals surface area contributed by atoms with Crippen LogP contribution in [0.15, 0.2) is 22.7 Å². The summed E-state index contributed by atoms with van der Waals surface area (Å²) in [6.45, 7) is 2.14. The first-order valence-corrected chi connectivity index (χ1v) is 6.86. The molecule has 0 aliphatic carbocycles. The highest BCUT2D eigenvalue weighted by Gasteiger charge is 2.23. The minimum Gasteiger partial charge on any atom is -0.374 e. The Balaban J connectivity index is 2.14. The molecule has 1 aromatic carbocycles. The number of fused-ring (bicyclic) bond motifs is 1. The first-order chi connectivity index (χ1) is 8.58. The smallest absolute Gasteiger partial charge is 0.246 e. The lowest BCUT2D eigenvalue weighted by atomic mass is 10.2. The lowest BCUT2D eigenvalue weighted by Gasteiger charge is -2.30. The summed E-state index contributed by atoms with van der Waals surface area (Å²) >= 11 is 3.46. The topological polar surface area (TPSA) is 35.6 Å². The Morgan fingerprint density at radius 1 is 1.44 bits per heavy atom. The van der Waals surface area contributed by atoms with Crippen LogP contribution in [0, 0.1) is 0 Å². The average molecular weight is 312 g/mol. The first-order valence-electron chi connectivity index (χ1n) is 6.06. The molecule has 0 saturated carbocycles. The molecular formula is C13H18BrN3O. The van der Waals surface area contributed by atoms with Crippen molar-refractivity contribution in [2.24, 2.45) is 0 Å². The van der Waals surface area contributed by atoms with Crippen molar-refractivity contribution < 1.29 is 4.79 Å². The number of benzene rings is 1. The Hall–Kier alpha value is -1.07. The van der Waals surface area contributed by atoms with Crippen molar-refractivity contribution in [2.75, 3.05) is 43.9 Å². The van der Waals surface area contributed by atoms with Gasteiger partial charge in [-0.25, -0.2) is 0 Å². The SMILES string of the molecule is CN(C)CCCN1C(=O)CNc2ccc(Br)cc21. The molecule has 0 unspecified atom stereocenters. The third-order valence-electron chi connectivity index (χ3n) is 2.97. The molecule has 2 rings (SSSR count). The fourth-order valence-corrected chi connectivity index (χ4v) is 2.42. The van der Waals surface area contributed by atoms with Crippen LogP contribution in [0.25, 0.3) is 0 Å². The maximum atomic E-state index is 12.0. The van der Waals surface area contributed by atoms with E-state index in [1.165, 1.54) is 0 Å². The first kappa shape index (κ1) is 13.4. The number of hydrogen-bond acceptors (Lipinski definition) is 3. The van der Waals surface area contributed by atoms with Crippen molar-refractivity contribution >= 4 is 33.2 Å². The van der Waals surface area contributed by atoms with Crippen molar-refractivity contribution in [2.45, 2.75) is 6.42 Å². The number of hydrogen-bond donors (Lipinski definition) is 1. The summed E-state index contributed by atoms with van der Waals surface area (Å²) in [5.41, 5.74) is 2.00. The number of halogens is 1. The van der Waals surface area contributed by atoms with E-state index in [4.69, 9.17) is 0 Å². The molecule has 1 aliphatic heterocycles. The van der Waals surface area contributed by atoms with E-state index in [1.807, 2.05) is 37.2 Å². The number of nitrogens with one attached hydrogen (secondary N) is 1. The van der Waals surface area contributed by atoms with Gasteiger partial charge in [-0.05, 0) is 45.3 Å². The highest BCUT2D eigenvalue weighted by atomic mass is 79.9. The van der Waals surface area contributed by atoms with Crippen LogP contribution in [0.3, 0.4) is 0 Å². The second kappa shape index (κ2) is 5.71. The van der Waals surface area contributed by atoms with Gasteiger partial charge in [0.2, 0.25) is 5.91 Å². The predicted molar refractivity (Wildman–Crippen MR) is 78.2 cm³/mol. The zero-order chi connectivity index (χ0) is 13.1. The van der Waals surface area contributed by atoms with Gasteiger partial charge in [0.05, 0.1) is 17.9 Å². The molecule has 1 amide bonds. The van der Waals surface area contributed by atoms with Crippen LogP contribution in [0.2, 0.25) is 0 Å². The Labute approximate surface area is 116 Å². The van der Waals surface area contributed by atoms with Crippen molar-refractivity contribution in [1.82, 2.24) is 4.90 Å². The standard InChI is InChI=1S/C13H18BrN3O/c1-16(2)6-3-7-17-12-8-10(14)4-5-11(12)15-9-13(17)18/h4-5,8,15H,3,6-7,9H2,1-2H3. The molecule has 4 nitrogen and oxygen atoms in total. The average Bonchev–Trinajstić information content (AvgIpc) is 2.31. The zero-order valence-electron chi connectivity index (χ0n) is 10.7.